The number of aliphatic hydroxyl groups is 1. The second kappa shape index (κ2) is 5.78. The molecule has 0 aromatic heterocycles. The Balaban J connectivity index is 1.67. The molecule has 1 saturated carbocycles. The van der Waals surface area contributed by atoms with Crippen molar-refractivity contribution in [1.29, 1.82) is 0 Å². The Morgan fingerprint density at radius 1 is 1.40 bits per heavy atom. The molecule has 3 unspecified atom stereocenters. The molecule has 1 amide bonds. The van der Waals surface area contributed by atoms with Gasteiger partial charge < -0.3 is 10.0 Å². The van der Waals surface area contributed by atoms with Crippen molar-refractivity contribution in [3.63, 3.8) is 0 Å². The molecule has 108 valence electrons. The van der Waals surface area contributed by atoms with Gasteiger partial charge in [0.1, 0.15) is 0 Å². The summed E-state index contributed by atoms with van der Waals surface area (Å²) in [6, 6.07) is 8.19. The quantitative estimate of drug-likeness (QED) is 0.930. The zero-order valence-corrected chi connectivity index (χ0v) is 12.6. The maximum Gasteiger partial charge on any atom is 0.230 e. The van der Waals surface area contributed by atoms with Gasteiger partial charge in [-0.15, -0.1) is 11.8 Å². The number of rotatable bonds is 3. The molecule has 1 aromatic carbocycles. The number of nitrogens with zero attached hydrogens (tertiary/aromatic N) is 1. The zero-order chi connectivity index (χ0) is 14.1. The van der Waals surface area contributed by atoms with Gasteiger partial charge in [0, 0.05) is 30.2 Å². The Bertz CT molecular complexity index is 505. The van der Waals surface area contributed by atoms with E-state index in [4.69, 9.17) is 0 Å². The molecule has 1 fully saturated rings. The maximum absolute atomic E-state index is 12.6. The topological polar surface area (TPSA) is 40.5 Å². The van der Waals surface area contributed by atoms with Crippen molar-refractivity contribution in [2.45, 2.75) is 36.2 Å². The molecule has 20 heavy (non-hydrogen) atoms. The van der Waals surface area contributed by atoms with E-state index in [2.05, 4.69) is 12.1 Å². The first-order valence-corrected chi connectivity index (χ1v) is 8.30. The number of hydrogen-bond acceptors (Lipinski definition) is 3. The molecule has 1 aliphatic heterocycles. The van der Waals surface area contributed by atoms with E-state index in [1.54, 1.807) is 11.8 Å². The lowest BCUT2D eigenvalue weighted by Crippen LogP contribution is -2.37. The van der Waals surface area contributed by atoms with E-state index in [0.717, 1.165) is 25.0 Å². The van der Waals surface area contributed by atoms with Crippen LogP contribution in [0, 0.1) is 5.92 Å². The monoisotopic (exact) mass is 291 g/mol. The fourth-order valence-electron chi connectivity index (χ4n) is 3.31. The summed E-state index contributed by atoms with van der Waals surface area (Å²) in [5.41, 5.74) is 1.17. The van der Waals surface area contributed by atoms with Gasteiger partial charge >= 0.3 is 0 Å². The number of carbonyl (C=O) groups is 1. The van der Waals surface area contributed by atoms with Crippen molar-refractivity contribution in [2.24, 2.45) is 5.92 Å². The molecule has 3 nitrogen and oxygen atoms in total. The Morgan fingerprint density at radius 3 is 2.95 bits per heavy atom. The fraction of sp³-hybridized carbons (Fsp3) is 0.562. The lowest BCUT2D eigenvalue weighted by atomic mass is 9.99. The first-order chi connectivity index (χ1) is 9.66. The predicted molar refractivity (Wildman–Crippen MR) is 80.9 cm³/mol. The highest BCUT2D eigenvalue weighted by Gasteiger charge is 2.33. The van der Waals surface area contributed by atoms with Gasteiger partial charge in [0.15, 0.2) is 0 Å². The lowest BCUT2D eigenvalue weighted by molar-refractivity contribution is -0.131. The molecular weight excluding hydrogens is 270 g/mol. The molecule has 0 bridgehead atoms. The number of aliphatic hydroxyl groups excluding tert-OH is 1. The van der Waals surface area contributed by atoms with Crippen molar-refractivity contribution < 1.29 is 9.90 Å². The van der Waals surface area contributed by atoms with E-state index in [0.29, 0.717) is 6.54 Å². The summed E-state index contributed by atoms with van der Waals surface area (Å²) in [6.07, 6.45) is 2.77. The van der Waals surface area contributed by atoms with Gasteiger partial charge in [-0.25, -0.2) is 0 Å². The van der Waals surface area contributed by atoms with Crippen molar-refractivity contribution in [1.82, 2.24) is 4.90 Å². The highest BCUT2D eigenvalue weighted by molar-refractivity contribution is 7.99. The van der Waals surface area contributed by atoms with Crippen LogP contribution < -0.4 is 0 Å². The molecule has 1 N–H and O–H groups in total. The van der Waals surface area contributed by atoms with Crippen LogP contribution in [0.15, 0.2) is 29.2 Å². The predicted octanol–water partition coefficient (Wildman–Crippen LogP) is 2.50. The highest BCUT2D eigenvalue weighted by atomic mass is 32.2. The van der Waals surface area contributed by atoms with Gasteiger partial charge in [-0.2, -0.15) is 0 Å². The number of carbonyl (C=O) groups excluding carboxylic acids is 1. The molecule has 0 radical (unpaired) electrons. The molecule has 0 saturated heterocycles. The van der Waals surface area contributed by atoms with Crippen LogP contribution in [0.5, 0.6) is 0 Å². The van der Waals surface area contributed by atoms with Gasteiger partial charge in [0.25, 0.3) is 0 Å². The van der Waals surface area contributed by atoms with E-state index in [-0.39, 0.29) is 23.8 Å². The Kier molecular flexibility index (Phi) is 4.03. The van der Waals surface area contributed by atoms with Crippen LogP contribution in [0.3, 0.4) is 0 Å². The van der Waals surface area contributed by atoms with E-state index >= 15 is 0 Å². The minimum absolute atomic E-state index is 0.0141. The van der Waals surface area contributed by atoms with Crippen LogP contribution >= 0.6 is 11.8 Å². The summed E-state index contributed by atoms with van der Waals surface area (Å²) in [5.74, 6) is 1.28. The molecule has 1 aliphatic carbocycles. The van der Waals surface area contributed by atoms with Crippen LogP contribution in [0.1, 0.15) is 30.7 Å². The van der Waals surface area contributed by atoms with Crippen molar-refractivity contribution in [3.05, 3.63) is 29.8 Å². The molecule has 0 spiro atoms. The molecule has 3 atom stereocenters. The van der Waals surface area contributed by atoms with E-state index in [1.165, 1.54) is 10.5 Å². The maximum atomic E-state index is 12.6. The van der Waals surface area contributed by atoms with Gasteiger partial charge in [0.05, 0.1) is 12.0 Å². The number of fused-ring (bicyclic) bond motifs is 1. The van der Waals surface area contributed by atoms with Crippen LogP contribution in [0.2, 0.25) is 0 Å². The third kappa shape index (κ3) is 2.59. The zero-order valence-electron chi connectivity index (χ0n) is 11.8. The van der Waals surface area contributed by atoms with Gasteiger partial charge in [0.2, 0.25) is 5.91 Å². The molecule has 4 heteroatoms. The van der Waals surface area contributed by atoms with Gasteiger partial charge in [-0.3, -0.25) is 4.79 Å². The van der Waals surface area contributed by atoms with Crippen LogP contribution in [0.25, 0.3) is 0 Å². The number of thioether (sulfide) groups is 1. The first-order valence-electron chi connectivity index (χ1n) is 7.31. The standard InChI is InChI=1S/C16H21NO2S/c1-17(9-11-5-4-7-14(11)18)16(19)13-10-20-15-8-3-2-6-12(13)15/h2-3,6,8,11,13-14,18H,4-5,7,9-10H2,1H3. The number of likely N-dealkylation sites (N-methyl/N-ethyl adjacent to an activating group) is 1. The lowest BCUT2D eigenvalue weighted by Gasteiger charge is -2.25. The van der Waals surface area contributed by atoms with Crippen molar-refractivity contribution >= 4 is 17.7 Å². The number of amides is 1. The van der Waals surface area contributed by atoms with Crippen LogP contribution in [-0.2, 0) is 4.79 Å². The second-order valence-electron chi connectivity index (χ2n) is 5.88. The normalized spacial score (nSPS) is 28.4. The summed E-state index contributed by atoms with van der Waals surface area (Å²) in [7, 11) is 1.87. The largest absolute Gasteiger partial charge is 0.393 e. The third-order valence-corrected chi connectivity index (χ3v) is 5.68. The Morgan fingerprint density at radius 2 is 2.20 bits per heavy atom. The smallest absolute Gasteiger partial charge is 0.230 e. The van der Waals surface area contributed by atoms with E-state index in [1.807, 2.05) is 24.1 Å². The summed E-state index contributed by atoms with van der Waals surface area (Å²) in [5, 5.41) is 9.90. The average Bonchev–Trinajstić information content (AvgIpc) is 3.05. The fourth-order valence-corrected chi connectivity index (χ4v) is 4.53. The minimum atomic E-state index is -0.226. The van der Waals surface area contributed by atoms with Crippen molar-refractivity contribution in [3.8, 4) is 0 Å². The molecule has 3 rings (SSSR count). The van der Waals surface area contributed by atoms with Gasteiger partial charge in [-0.1, -0.05) is 24.6 Å². The van der Waals surface area contributed by atoms with Gasteiger partial charge in [-0.05, 0) is 24.5 Å². The molecule has 1 aromatic rings. The summed E-state index contributed by atoms with van der Waals surface area (Å²) >= 11 is 1.77. The van der Waals surface area contributed by atoms with E-state index < -0.39 is 0 Å². The Labute approximate surface area is 124 Å². The number of benzene rings is 1. The highest BCUT2D eigenvalue weighted by Crippen LogP contribution is 2.40. The third-order valence-electron chi connectivity index (χ3n) is 4.50. The summed E-state index contributed by atoms with van der Waals surface area (Å²) in [4.78, 5) is 15.7. The average molecular weight is 291 g/mol. The first kappa shape index (κ1) is 14.0. The molecule has 1 heterocycles. The minimum Gasteiger partial charge on any atom is -0.393 e. The van der Waals surface area contributed by atoms with Crippen LogP contribution in [0.4, 0.5) is 0 Å². The molecule has 2 aliphatic rings. The van der Waals surface area contributed by atoms with E-state index in [9.17, 15) is 9.90 Å². The molecular formula is C16H21NO2S. The summed E-state index contributed by atoms with van der Waals surface area (Å²) < 4.78 is 0. The SMILES string of the molecule is CN(CC1CCCC1O)C(=O)C1CSc2ccccc21. The Hall–Kier alpha value is -1.00. The van der Waals surface area contributed by atoms with Crippen LogP contribution in [-0.4, -0.2) is 41.4 Å². The van der Waals surface area contributed by atoms with Crippen molar-refractivity contribution in [2.75, 3.05) is 19.3 Å². The summed E-state index contributed by atoms with van der Waals surface area (Å²) in [6.45, 7) is 0.684. The number of hydrogen-bond donors (Lipinski definition) is 1. The second-order valence-corrected chi connectivity index (χ2v) is 6.94.